The van der Waals surface area contributed by atoms with E-state index in [0.29, 0.717) is 30.9 Å². The molecule has 0 spiro atoms. The van der Waals surface area contributed by atoms with Crippen molar-refractivity contribution in [2.45, 2.75) is 19.4 Å². The summed E-state index contributed by atoms with van der Waals surface area (Å²) in [5.74, 6) is 2.22. The molecule has 0 aliphatic carbocycles. The lowest BCUT2D eigenvalue weighted by Crippen LogP contribution is -2.23. The van der Waals surface area contributed by atoms with Crippen molar-refractivity contribution in [2.75, 3.05) is 33.2 Å². The molecule has 1 amide bonds. The molecule has 6 heteroatoms. The van der Waals surface area contributed by atoms with Gasteiger partial charge in [0, 0.05) is 33.3 Å². The Balaban J connectivity index is 1.90. The maximum atomic E-state index is 12.2. The fourth-order valence-corrected chi connectivity index (χ4v) is 2.50. The number of carbonyl (C=O) groups excluding carboxylic acids is 1. The Kier molecular flexibility index (Phi) is 6.62. The zero-order valence-electron chi connectivity index (χ0n) is 15.2. The summed E-state index contributed by atoms with van der Waals surface area (Å²) in [5.41, 5.74) is 1.97. The van der Waals surface area contributed by atoms with E-state index in [1.807, 2.05) is 49.3 Å². The highest BCUT2D eigenvalue weighted by Gasteiger charge is 2.11. The van der Waals surface area contributed by atoms with E-state index in [9.17, 15) is 4.79 Å². The van der Waals surface area contributed by atoms with Gasteiger partial charge in [0.1, 0.15) is 5.82 Å². The average Bonchev–Trinajstić information content (AvgIpc) is 2.64. The first-order valence-electron chi connectivity index (χ1n) is 8.14. The number of para-hydroxylation sites is 1. The molecule has 0 bridgehead atoms. The van der Waals surface area contributed by atoms with Gasteiger partial charge in [-0.15, -0.1) is 0 Å². The monoisotopic (exact) mass is 343 g/mol. The van der Waals surface area contributed by atoms with Gasteiger partial charge < -0.3 is 19.7 Å². The second-order valence-electron chi connectivity index (χ2n) is 5.85. The van der Waals surface area contributed by atoms with Gasteiger partial charge in [0.25, 0.3) is 0 Å². The van der Waals surface area contributed by atoms with Gasteiger partial charge in [0.2, 0.25) is 5.91 Å². The van der Waals surface area contributed by atoms with Gasteiger partial charge in [-0.05, 0) is 35.7 Å². The van der Waals surface area contributed by atoms with Crippen LogP contribution in [0.4, 0.5) is 5.82 Å². The van der Waals surface area contributed by atoms with Crippen LogP contribution in [0.2, 0.25) is 0 Å². The van der Waals surface area contributed by atoms with E-state index >= 15 is 0 Å². The van der Waals surface area contributed by atoms with E-state index in [1.54, 1.807) is 20.4 Å². The quantitative estimate of drug-likeness (QED) is 0.797. The Morgan fingerprint density at radius 1 is 1.20 bits per heavy atom. The number of pyridine rings is 1. The maximum Gasteiger partial charge on any atom is 0.220 e. The van der Waals surface area contributed by atoms with Crippen molar-refractivity contribution in [1.82, 2.24) is 10.3 Å². The van der Waals surface area contributed by atoms with Crippen molar-refractivity contribution in [3.63, 3.8) is 0 Å². The van der Waals surface area contributed by atoms with Crippen molar-refractivity contribution >= 4 is 11.7 Å². The molecular weight excluding hydrogens is 318 g/mol. The molecule has 6 nitrogen and oxygen atoms in total. The number of methoxy groups -OCH3 is 2. The standard InChI is InChI=1S/C19H25N3O3/c1-22(2)17-12-14(10-11-20-17)13-21-18(23)9-8-15-6-5-7-16(24-3)19(15)25-4/h5-7,10-12H,8-9,13H2,1-4H3,(H,21,23). The highest BCUT2D eigenvalue weighted by atomic mass is 16.5. The number of anilines is 1. The molecule has 0 aliphatic rings. The minimum atomic E-state index is -0.00640. The van der Waals surface area contributed by atoms with Crippen LogP contribution in [0.25, 0.3) is 0 Å². The number of amides is 1. The van der Waals surface area contributed by atoms with Crippen molar-refractivity contribution in [3.05, 3.63) is 47.7 Å². The first kappa shape index (κ1) is 18.6. The predicted octanol–water partition coefficient (Wildman–Crippen LogP) is 2.41. The van der Waals surface area contributed by atoms with E-state index in [2.05, 4.69) is 10.3 Å². The lowest BCUT2D eigenvalue weighted by atomic mass is 10.1. The summed E-state index contributed by atoms with van der Waals surface area (Å²) in [6.45, 7) is 0.484. The van der Waals surface area contributed by atoms with Crippen LogP contribution in [0.1, 0.15) is 17.5 Å². The number of hydrogen-bond donors (Lipinski definition) is 1. The van der Waals surface area contributed by atoms with Crippen LogP contribution in [-0.4, -0.2) is 39.2 Å². The van der Waals surface area contributed by atoms with Crippen molar-refractivity contribution in [1.29, 1.82) is 0 Å². The van der Waals surface area contributed by atoms with Gasteiger partial charge in [0.15, 0.2) is 11.5 Å². The smallest absolute Gasteiger partial charge is 0.220 e. The van der Waals surface area contributed by atoms with Gasteiger partial charge >= 0.3 is 0 Å². The average molecular weight is 343 g/mol. The predicted molar refractivity (Wildman–Crippen MR) is 98.3 cm³/mol. The molecule has 0 atom stereocenters. The molecule has 1 N–H and O–H groups in total. The fourth-order valence-electron chi connectivity index (χ4n) is 2.50. The van der Waals surface area contributed by atoms with Crippen LogP contribution in [0, 0.1) is 0 Å². The Labute approximate surface area is 148 Å². The highest BCUT2D eigenvalue weighted by Crippen LogP contribution is 2.31. The number of benzene rings is 1. The summed E-state index contributed by atoms with van der Waals surface area (Å²) in [5, 5.41) is 2.94. The maximum absolute atomic E-state index is 12.2. The molecule has 25 heavy (non-hydrogen) atoms. The molecule has 0 radical (unpaired) electrons. The van der Waals surface area contributed by atoms with Crippen LogP contribution in [-0.2, 0) is 17.8 Å². The van der Waals surface area contributed by atoms with E-state index in [1.165, 1.54) is 0 Å². The summed E-state index contributed by atoms with van der Waals surface area (Å²) in [4.78, 5) is 18.3. The van der Waals surface area contributed by atoms with Crippen LogP contribution < -0.4 is 19.7 Å². The highest BCUT2D eigenvalue weighted by molar-refractivity contribution is 5.76. The third-order valence-corrected chi connectivity index (χ3v) is 3.86. The summed E-state index contributed by atoms with van der Waals surface area (Å²) in [7, 11) is 7.08. The minimum Gasteiger partial charge on any atom is -0.493 e. The van der Waals surface area contributed by atoms with Gasteiger partial charge in [-0.1, -0.05) is 12.1 Å². The Bertz CT molecular complexity index is 717. The molecule has 1 aromatic carbocycles. The third-order valence-electron chi connectivity index (χ3n) is 3.86. The summed E-state index contributed by atoms with van der Waals surface area (Å²) in [6, 6.07) is 9.55. The Morgan fingerprint density at radius 3 is 2.68 bits per heavy atom. The van der Waals surface area contributed by atoms with Crippen molar-refractivity contribution in [2.24, 2.45) is 0 Å². The second kappa shape index (κ2) is 8.92. The van der Waals surface area contributed by atoms with Crippen LogP contribution in [0.5, 0.6) is 11.5 Å². The van der Waals surface area contributed by atoms with Crippen molar-refractivity contribution < 1.29 is 14.3 Å². The van der Waals surface area contributed by atoms with Gasteiger partial charge in [-0.25, -0.2) is 4.98 Å². The SMILES string of the molecule is COc1cccc(CCC(=O)NCc2ccnc(N(C)C)c2)c1OC. The molecule has 0 saturated heterocycles. The minimum absolute atomic E-state index is 0.00640. The molecule has 2 aromatic rings. The van der Waals surface area contributed by atoms with Crippen LogP contribution in [0.15, 0.2) is 36.5 Å². The Morgan fingerprint density at radius 2 is 2.00 bits per heavy atom. The topological polar surface area (TPSA) is 63.7 Å². The molecular formula is C19H25N3O3. The molecule has 0 saturated carbocycles. The normalized spacial score (nSPS) is 10.2. The molecule has 1 aromatic heterocycles. The molecule has 134 valence electrons. The van der Waals surface area contributed by atoms with Crippen molar-refractivity contribution in [3.8, 4) is 11.5 Å². The number of nitrogens with one attached hydrogen (secondary N) is 1. The number of hydrogen-bond acceptors (Lipinski definition) is 5. The van der Waals surface area contributed by atoms with Gasteiger partial charge in [-0.3, -0.25) is 4.79 Å². The van der Waals surface area contributed by atoms with E-state index in [-0.39, 0.29) is 5.91 Å². The number of rotatable bonds is 8. The van der Waals surface area contributed by atoms with E-state index < -0.39 is 0 Å². The number of aryl methyl sites for hydroxylation is 1. The number of aromatic nitrogens is 1. The van der Waals surface area contributed by atoms with E-state index in [0.717, 1.165) is 16.9 Å². The van der Waals surface area contributed by atoms with Crippen LogP contribution in [0.3, 0.4) is 0 Å². The first-order chi connectivity index (χ1) is 12.0. The summed E-state index contributed by atoms with van der Waals surface area (Å²) >= 11 is 0. The zero-order chi connectivity index (χ0) is 18.2. The number of carbonyl (C=O) groups is 1. The molecule has 1 heterocycles. The summed E-state index contributed by atoms with van der Waals surface area (Å²) in [6.07, 6.45) is 2.72. The van der Waals surface area contributed by atoms with Crippen LogP contribution >= 0.6 is 0 Å². The second-order valence-corrected chi connectivity index (χ2v) is 5.85. The van der Waals surface area contributed by atoms with Gasteiger partial charge in [0.05, 0.1) is 14.2 Å². The molecule has 0 aliphatic heterocycles. The van der Waals surface area contributed by atoms with E-state index in [4.69, 9.17) is 9.47 Å². The third kappa shape index (κ3) is 5.11. The largest absolute Gasteiger partial charge is 0.493 e. The fraction of sp³-hybridized carbons (Fsp3) is 0.368. The van der Waals surface area contributed by atoms with Gasteiger partial charge in [-0.2, -0.15) is 0 Å². The zero-order valence-corrected chi connectivity index (χ0v) is 15.2. The summed E-state index contributed by atoms with van der Waals surface area (Å²) < 4.78 is 10.7. The molecule has 0 fully saturated rings. The lowest BCUT2D eigenvalue weighted by molar-refractivity contribution is -0.121. The molecule has 2 rings (SSSR count). The molecule has 0 unspecified atom stereocenters. The lowest BCUT2D eigenvalue weighted by Gasteiger charge is -2.13. The number of nitrogens with zero attached hydrogens (tertiary/aromatic N) is 2. The number of ether oxygens (including phenoxy) is 2. The first-order valence-corrected chi connectivity index (χ1v) is 8.14. The Hall–Kier alpha value is -2.76.